The number of amides is 1. The molecule has 1 heterocycles. The van der Waals surface area contributed by atoms with Gasteiger partial charge in [-0.05, 0) is 73.4 Å². The fourth-order valence-corrected chi connectivity index (χ4v) is 4.05. The maximum absolute atomic E-state index is 13.7. The van der Waals surface area contributed by atoms with Crippen molar-refractivity contribution in [3.05, 3.63) is 104 Å². The lowest BCUT2D eigenvalue weighted by atomic mass is 9.96. The van der Waals surface area contributed by atoms with Crippen LogP contribution >= 0.6 is 23.2 Å². The Morgan fingerprint density at radius 2 is 1.68 bits per heavy atom. The zero-order valence-corrected chi connectivity index (χ0v) is 20.3. The van der Waals surface area contributed by atoms with Crippen molar-refractivity contribution in [1.29, 1.82) is 0 Å². The largest absolute Gasteiger partial charge is 0.399 e. The van der Waals surface area contributed by atoms with Crippen molar-refractivity contribution in [3.8, 4) is 0 Å². The van der Waals surface area contributed by atoms with Gasteiger partial charge in [-0.3, -0.25) is 9.78 Å². The smallest absolute Gasteiger partial charge is 0.345 e. The molecular weight excluding hydrogens is 484 g/mol. The molecule has 0 aliphatic carbocycles. The number of hydrogen-bond acceptors (Lipinski definition) is 2. The number of hydrogen-bond donors (Lipinski definition) is 1. The first-order valence-corrected chi connectivity index (χ1v) is 11.2. The third-order valence-electron chi connectivity index (χ3n) is 5.35. The maximum atomic E-state index is 13.7. The Balaban J connectivity index is 1.79. The third kappa shape index (κ3) is 6.61. The number of benzene rings is 2. The van der Waals surface area contributed by atoms with Crippen molar-refractivity contribution in [3.63, 3.8) is 0 Å². The van der Waals surface area contributed by atoms with Gasteiger partial charge in [0.15, 0.2) is 0 Å². The summed E-state index contributed by atoms with van der Waals surface area (Å²) >= 11 is 11.8. The molecule has 8 heteroatoms. The Hall–Kier alpha value is -2.83. The van der Waals surface area contributed by atoms with Crippen LogP contribution in [-0.4, -0.2) is 17.1 Å². The summed E-state index contributed by atoms with van der Waals surface area (Å²) in [5, 5.41) is 3.19. The Labute approximate surface area is 206 Å². The van der Waals surface area contributed by atoms with E-state index < -0.39 is 12.1 Å². The molecule has 178 valence electrons. The van der Waals surface area contributed by atoms with E-state index in [0.717, 1.165) is 17.3 Å². The van der Waals surface area contributed by atoms with E-state index in [0.29, 0.717) is 16.7 Å². The van der Waals surface area contributed by atoms with Gasteiger partial charge in [-0.1, -0.05) is 53.6 Å². The second-order valence-electron chi connectivity index (χ2n) is 8.08. The van der Waals surface area contributed by atoms with Crippen LogP contribution in [0.3, 0.4) is 0 Å². The van der Waals surface area contributed by atoms with Gasteiger partial charge in [0, 0.05) is 27.5 Å². The fourth-order valence-electron chi connectivity index (χ4n) is 3.51. The Morgan fingerprint density at radius 3 is 2.24 bits per heavy atom. The van der Waals surface area contributed by atoms with Gasteiger partial charge in [-0.25, -0.2) is 0 Å². The number of aryl methyl sites for hydroxylation is 2. The minimum absolute atomic E-state index is 0.0476. The molecule has 34 heavy (non-hydrogen) atoms. The van der Waals surface area contributed by atoms with Gasteiger partial charge >= 0.3 is 6.18 Å². The highest BCUT2D eigenvalue weighted by Crippen LogP contribution is 2.38. The number of allylic oxidation sites excluding steroid dienone is 1. The van der Waals surface area contributed by atoms with Crippen molar-refractivity contribution in [1.82, 2.24) is 10.3 Å². The summed E-state index contributed by atoms with van der Waals surface area (Å²) in [4.78, 5) is 17.0. The van der Waals surface area contributed by atoms with Gasteiger partial charge < -0.3 is 5.32 Å². The van der Waals surface area contributed by atoms with Gasteiger partial charge in [-0.2, -0.15) is 13.2 Å². The summed E-state index contributed by atoms with van der Waals surface area (Å²) < 4.78 is 41.1. The summed E-state index contributed by atoms with van der Waals surface area (Å²) in [6, 6.07) is 12.3. The van der Waals surface area contributed by atoms with Gasteiger partial charge in [0.05, 0.1) is 12.0 Å². The van der Waals surface area contributed by atoms with E-state index >= 15 is 0 Å². The van der Waals surface area contributed by atoms with Crippen molar-refractivity contribution < 1.29 is 18.0 Å². The topological polar surface area (TPSA) is 42.0 Å². The molecule has 3 rings (SSSR count). The number of carbonyl (C=O) groups excluding carboxylic acids is 1. The van der Waals surface area contributed by atoms with Crippen molar-refractivity contribution in [2.45, 2.75) is 38.9 Å². The summed E-state index contributed by atoms with van der Waals surface area (Å²) in [6.45, 7) is 5.48. The van der Waals surface area contributed by atoms with Crippen LogP contribution in [0, 0.1) is 13.8 Å². The van der Waals surface area contributed by atoms with Crippen LogP contribution in [0.5, 0.6) is 0 Å². The Bertz CT molecular complexity index is 1190. The molecule has 2 atom stereocenters. The second kappa shape index (κ2) is 10.6. The second-order valence-corrected chi connectivity index (χ2v) is 8.96. The molecule has 3 aromatic rings. The molecule has 2 unspecified atom stereocenters. The molecule has 1 aromatic heterocycles. The quantitative estimate of drug-likeness (QED) is 0.369. The van der Waals surface area contributed by atoms with E-state index in [-0.39, 0.29) is 27.6 Å². The van der Waals surface area contributed by atoms with Crippen molar-refractivity contribution in [2.75, 3.05) is 0 Å². The van der Waals surface area contributed by atoms with Crippen LogP contribution in [-0.2, 0) is 0 Å². The summed E-state index contributed by atoms with van der Waals surface area (Å²) in [6.07, 6.45) is -0.378. The molecule has 0 radical (unpaired) electrons. The molecule has 0 saturated heterocycles. The van der Waals surface area contributed by atoms with E-state index in [1.54, 1.807) is 31.3 Å². The zero-order chi connectivity index (χ0) is 25.0. The van der Waals surface area contributed by atoms with Crippen molar-refractivity contribution in [2.24, 2.45) is 0 Å². The van der Waals surface area contributed by atoms with Crippen LogP contribution in [0.1, 0.15) is 57.2 Å². The van der Waals surface area contributed by atoms with E-state index in [2.05, 4.69) is 10.3 Å². The van der Waals surface area contributed by atoms with Crippen LogP contribution in [0.2, 0.25) is 10.0 Å². The van der Waals surface area contributed by atoms with Crippen LogP contribution in [0.25, 0.3) is 6.08 Å². The predicted molar refractivity (Wildman–Crippen MR) is 130 cm³/mol. The maximum Gasteiger partial charge on any atom is 0.399 e. The molecule has 0 saturated carbocycles. The molecule has 0 spiro atoms. The van der Waals surface area contributed by atoms with Crippen LogP contribution < -0.4 is 5.32 Å². The molecule has 1 N–H and O–H groups in total. The average molecular weight is 507 g/mol. The minimum Gasteiger partial charge on any atom is -0.345 e. The van der Waals surface area contributed by atoms with Gasteiger partial charge in [0.1, 0.15) is 0 Å². The highest BCUT2D eigenvalue weighted by Gasteiger charge is 2.39. The normalized spacial score (nSPS) is 13.6. The van der Waals surface area contributed by atoms with E-state index in [1.165, 1.54) is 24.3 Å². The van der Waals surface area contributed by atoms with E-state index in [9.17, 15) is 18.0 Å². The SMILES string of the molecule is Cc1ccc(C(C)NC(=O)c2ccc(/C=C/C(c3cc(Cl)cc(Cl)c3)C(F)(F)F)cc2C)cn1. The van der Waals surface area contributed by atoms with Gasteiger partial charge in [0.2, 0.25) is 0 Å². The molecule has 0 aliphatic heterocycles. The Kier molecular flexibility index (Phi) is 8.05. The van der Waals surface area contributed by atoms with Crippen LogP contribution in [0.15, 0.2) is 60.8 Å². The zero-order valence-electron chi connectivity index (χ0n) is 18.8. The summed E-state index contributed by atoms with van der Waals surface area (Å²) in [5.74, 6) is -2.15. The predicted octanol–water partition coefficient (Wildman–Crippen LogP) is 7.86. The standard InChI is InChI=1S/C26H23Cl2F3N2O/c1-15-10-18(6-9-24(26(29,30)31)20-11-21(27)13-22(28)12-20)5-8-23(15)25(34)33-17(3)19-7-4-16(2)32-14-19/h4-14,17,24H,1-3H3,(H,33,34)/b9-6+. The highest BCUT2D eigenvalue weighted by molar-refractivity contribution is 6.34. The number of carbonyl (C=O) groups is 1. The Morgan fingerprint density at radius 1 is 1.00 bits per heavy atom. The number of aromatic nitrogens is 1. The molecular formula is C26H23Cl2F3N2O. The highest BCUT2D eigenvalue weighted by atomic mass is 35.5. The summed E-state index contributed by atoms with van der Waals surface area (Å²) in [7, 11) is 0. The number of halogens is 5. The van der Waals surface area contributed by atoms with E-state index in [4.69, 9.17) is 23.2 Å². The monoisotopic (exact) mass is 506 g/mol. The van der Waals surface area contributed by atoms with Crippen LogP contribution in [0.4, 0.5) is 13.2 Å². The van der Waals surface area contributed by atoms with E-state index in [1.807, 2.05) is 26.0 Å². The third-order valence-corrected chi connectivity index (χ3v) is 5.79. The minimum atomic E-state index is -4.53. The molecule has 3 nitrogen and oxygen atoms in total. The number of pyridine rings is 1. The first-order valence-electron chi connectivity index (χ1n) is 10.5. The molecule has 2 aromatic carbocycles. The number of nitrogens with zero attached hydrogens (tertiary/aromatic N) is 1. The average Bonchev–Trinajstić information content (AvgIpc) is 2.72. The first kappa shape index (κ1) is 25.8. The van der Waals surface area contributed by atoms with Gasteiger partial charge in [0.25, 0.3) is 5.91 Å². The van der Waals surface area contributed by atoms with Gasteiger partial charge in [-0.15, -0.1) is 0 Å². The molecule has 0 aliphatic rings. The molecule has 0 fully saturated rings. The lowest BCUT2D eigenvalue weighted by Gasteiger charge is -2.18. The first-order chi connectivity index (χ1) is 15.9. The summed E-state index contributed by atoms with van der Waals surface area (Å²) in [5.41, 5.74) is 3.32. The lowest BCUT2D eigenvalue weighted by Crippen LogP contribution is -2.27. The number of nitrogens with one attached hydrogen (secondary N) is 1. The molecule has 0 bridgehead atoms. The van der Waals surface area contributed by atoms with Crippen molar-refractivity contribution >= 4 is 35.2 Å². The molecule has 1 amide bonds. The number of alkyl halides is 3. The lowest BCUT2D eigenvalue weighted by molar-refractivity contribution is -0.139. The fraction of sp³-hybridized carbons (Fsp3) is 0.231. The number of rotatable bonds is 6.